The minimum absolute atomic E-state index is 0.129. The van der Waals surface area contributed by atoms with Crippen molar-refractivity contribution in [3.63, 3.8) is 0 Å². The van der Waals surface area contributed by atoms with Gasteiger partial charge in [0.05, 0.1) is 0 Å². The van der Waals surface area contributed by atoms with Crippen LogP contribution in [-0.4, -0.2) is 0 Å². The Hall–Kier alpha value is -1.82. The Labute approximate surface area is 110 Å². The van der Waals surface area contributed by atoms with Gasteiger partial charge in [-0.1, -0.05) is 82.0 Å². The second kappa shape index (κ2) is 4.81. The molecule has 0 radical (unpaired) electrons. The van der Waals surface area contributed by atoms with Gasteiger partial charge in [-0.05, 0) is 27.7 Å². The Bertz CT molecular complexity index is 542. The van der Waals surface area contributed by atoms with Gasteiger partial charge in [-0.3, -0.25) is 0 Å². The summed E-state index contributed by atoms with van der Waals surface area (Å²) in [5.74, 6) is 0. The second-order valence-corrected chi connectivity index (χ2v) is 5.63. The van der Waals surface area contributed by atoms with Gasteiger partial charge >= 0.3 is 0 Å². The predicted molar refractivity (Wildman–Crippen MR) is 80.7 cm³/mol. The first-order chi connectivity index (χ1) is 8.52. The number of rotatable bonds is 2. The zero-order valence-corrected chi connectivity index (χ0v) is 11.4. The van der Waals surface area contributed by atoms with Crippen molar-refractivity contribution < 1.29 is 0 Å². The van der Waals surface area contributed by atoms with Crippen molar-refractivity contribution in [3.05, 3.63) is 66.2 Å². The summed E-state index contributed by atoms with van der Waals surface area (Å²) < 4.78 is 0. The third-order valence-corrected chi connectivity index (χ3v) is 3.17. The van der Waals surface area contributed by atoms with E-state index in [0.717, 1.165) is 0 Å². The van der Waals surface area contributed by atoms with Crippen LogP contribution in [0.5, 0.6) is 0 Å². The van der Waals surface area contributed by atoms with Crippen molar-refractivity contribution in [2.45, 2.75) is 26.2 Å². The van der Waals surface area contributed by atoms with Crippen LogP contribution in [0.1, 0.15) is 31.9 Å². The van der Waals surface area contributed by atoms with Gasteiger partial charge < -0.3 is 0 Å². The van der Waals surface area contributed by atoms with Crippen molar-refractivity contribution in [1.82, 2.24) is 0 Å². The minimum Gasteiger partial charge on any atom is -0.0985 e. The number of hydrogen-bond acceptors (Lipinski definition) is 0. The molecule has 18 heavy (non-hydrogen) atoms. The third-order valence-electron chi connectivity index (χ3n) is 3.17. The molecule has 0 aliphatic heterocycles. The molecule has 0 saturated carbocycles. The zero-order valence-electron chi connectivity index (χ0n) is 11.4. The van der Waals surface area contributed by atoms with Crippen LogP contribution in [0.4, 0.5) is 0 Å². The number of benzene rings is 2. The first-order valence-corrected chi connectivity index (χ1v) is 6.35. The Balaban J connectivity index is 2.64. The largest absolute Gasteiger partial charge is 0.0985 e. The average Bonchev–Trinajstić information content (AvgIpc) is 2.38. The highest BCUT2D eigenvalue weighted by Gasteiger charge is 2.18. The summed E-state index contributed by atoms with van der Waals surface area (Å²) in [6.45, 7) is 10.6. The Kier molecular flexibility index (Phi) is 3.38. The molecule has 0 fully saturated rings. The first kappa shape index (κ1) is 12.6. The molecule has 0 aromatic heterocycles. The number of hydrogen-bond donors (Lipinski definition) is 0. The fourth-order valence-corrected chi connectivity index (χ4v) is 2.18. The summed E-state index contributed by atoms with van der Waals surface area (Å²) in [7, 11) is 0. The van der Waals surface area contributed by atoms with Gasteiger partial charge in [0.1, 0.15) is 0 Å². The molecule has 2 aromatic carbocycles. The van der Waals surface area contributed by atoms with E-state index in [4.69, 9.17) is 0 Å². The van der Waals surface area contributed by atoms with E-state index in [0.29, 0.717) is 0 Å². The molecule has 0 aliphatic rings. The molecule has 0 saturated heterocycles. The summed E-state index contributed by atoms with van der Waals surface area (Å²) >= 11 is 0. The Morgan fingerprint density at radius 1 is 0.944 bits per heavy atom. The maximum Gasteiger partial charge on any atom is -0.0125 e. The predicted octanol–water partition coefficient (Wildman–Crippen LogP) is 5.29. The van der Waals surface area contributed by atoms with Crippen molar-refractivity contribution >= 4 is 6.08 Å². The molecule has 0 unspecified atom stereocenters. The Morgan fingerprint density at radius 2 is 1.61 bits per heavy atom. The van der Waals surface area contributed by atoms with E-state index in [1.165, 1.54) is 22.3 Å². The second-order valence-electron chi connectivity index (χ2n) is 5.63. The van der Waals surface area contributed by atoms with E-state index in [1.54, 1.807) is 0 Å². The maximum atomic E-state index is 3.86. The standard InChI is InChI=1S/C18H20/c1-5-14-11-12-16(15-9-7-6-8-10-15)17(13-14)18(2,3)4/h5-13H,1H2,2-4H3. The molecular formula is C18H20. The molecule has 2 aromatic rings. The first-order valence-electron chi connectivity index (χ1n) is 6.35. The van der Waals surface area contributed by atoms with E-state index in [2.05, 4.69) is 75.9 Å². The van der Waals surface area contributed by atoms with Crippen LogP contribution in [-0.2, 0) is 5.41 Å². The smallest absolute Gasteiger partial charge is 0.0125 e. The van der Waals surface area contributed by atoms with Gasteiger partial charge in [0.25, 0.3) is 0 Å². The quantitative estimate of drug-likeness (QED) is 0.664. The highest BCUT2D eigenvalue weighted by Crippen LogP contribution is 2.33. The third kappa shape index (κ3) is 2.53. The van der Waals surface area contributed by atoms with Crippen LogP contribution in [0.15, 0.2) is 55.1 Å². The summed E-state index contributed by atoms with van der Waals surface area (Å²) in [6, 6.07) is 17.1. The maximum absolute atomic E-state index is 3.86. The Morgan fingerprint density at radius 3 is 2.17 bits per heavy atom. The normalized spacial score (nSPS) is 11.3. The minimum atomic E-state index is 0.129. The molecule has 0 spiro atoms. The van der Waals surface area contributed by atoms with E-state index >= 15 is 0 Å². The van der Waals surface area contributed by atoms with Crippen LogP contribution in [0.25, 0.3) is 17.2 Å². The summed E-state index contributed by atoms with van der Waals surface area (Å²) in [5, 5.41) is 0. The summed E-state index contributed by atoms with van der Waals surface area (Å²) in [4.78, 5) is 0. The van der Waals surface area contributed by atoms with E-state index < -0.39 is 0 Å². The summed E-state index contributed by atoms with van der Waals surface area (Å²) in [5.41, 5.74) is 5.27. The molecule has 0 amide bonds. The van der Waals surface area contributed by atoms with E-state index in [9.17, 15) is 0 Å². The van der Waals surface area contributed by atoms with E-state index in [-0.39, 0.29) is 5.41 Å². The molecule has 0 aliphatic carbocycles. The molecule has 0 N–H and O–H groups in total. The van der Waals surface area contributed by atoms with Gasteiger partial charge in [-0.2, -0.15) is 0 Å². The average molecular weight is 236 g/mol. The summed E-state index contributed by atoms with van der Waals surface area (Å²) in [6.07, 6.45) is 1.91. The zero-order chi connectivity index (χ0) is 13.2. The van der Waals surface area contributed by atoms with Gasteiger partial charge in [0.15, 0.2) is 0 Å². The fraction of sp³-hybridized carbons (Fsp3) is 0.222. The van der Waals surface area contributed by atoms with Gasteiger partial charge in [-0.25, -0.2) is 0 Å². The van der Waals surface area contributed by atoms with Crippen molar-refractivity contribution in [2.75, 3.05) is 0 Å². The van der Waals surface area contributed by atoms with Crippen LogP contribution >= 0.6 is 0 Å². The lowest BCUT2D eigenvalue weighted by atomic mass is 9.81. The highest BCUT2D eigenvalue weighted by molar-refractivity contribution is 5.71. The topological polar surface area (TPSA) is 0 Å². The van der Waals surface area contributed by atoms with Crippen molar-refractivity contribution in [3.8, 4) is 11.1 Å². The molecule has 0 atom stereocenters. The SMILES string of the molecule is C=Cc1ccc(-c2ccccc2)c(C(C)(C)C)c1. The molecule has 92 valence electrons. The van der Waals surface area contributed by atoms with Gasteiger partial charge in [-0.15, -0.1) is 0 Å². The highest BCUT2D eigenvalue weighted by atomic mass is 14.2. The lowest BCUT2D eigenvalue weighted by molar-refractivity contribution is 0.592. The molecule has 0 bridgehead atoms. The molecule has 0 nitrogen and oxygen atoms in total. The molecule has 0 heterocycles. The van der Waals surface area contributed by atoms with Crippen LogP contribution in [0.2, 0.25) is 0 Å². The van der Waals surface area contributed by atoms with E-state index in [1.807, 2.05) is 6.08 Å². The monoisotopic (exact) mass is 236 g/mol. The fourth-order valence-electron chi connectivity index (χ4n) is 2.18. The van der Waals surface area contributed by atoms with Crippen LogP contribution in [0, 0.1) is 0 Å². The van der Waals surface area contributed by atoms with Crippen molar-refractivity contribution in [2.24, 2.45) is 0 Å². The lowest BCUT2D eigenvalue weighted by Crippen LogP contribution is -2.13. The van der Waals surface area contributed by atoms with Gasteiger partial charge in [0.2, 0.25) is 0 Å². The van der Waals surface area contributed by atoms with Crippen LogP contribution < -0.4 is 0 Å². The molecular weight excluding hydrogens is 216 g/mol. The molecule has 0 heteroatoms. The van der Waals surface area contributed by atoms with Crippen molar-refractivity contribution in [1.29, 1.82) is 0 Å². The van der Waals surface area contributed by atoms with Gasteiger partial charge in [0, 0.05) is 0 Å². The van der Waals surface area contributed by atoms with Crippen LogP contribution in [0.3, 0.4) is 0 Å². The molecule has 2 rings (SSSR count). The lowest BCUT2D eigenvalue weighted by Gasteiger charge is -2.24.